The molecule has 0 bridgehead atoms. The molecule has 0 saturated heterocycles. The normalized spacial score (nSPS) is 11.2. The molecule has 0 aliphatic rings. The average molecular weight is 317 g/mol. The molecule has 5 nitrogen and oxygen atoms in total. The van der Waals surface area contributed by atoms with Gasteiger partial charge in [0.1, 0.15) is 5.60 Å². The third kappa shape index (κ3) is 4.77. The molecule has 23 heavy (non-hydrogen) atoms. The van der Waals surface area contributed by atoms with Crippen molar-refractivity contribution in [3.05, 3.63) is 47.5 Å². The van der Waals surface area contributed by atoms with Gasteiger partial charge in [-0.3, -0.25) is 0 Å². The molecule has 0 radical (unpaired) electrons. The summed E-state index contributed by atoms with van der Waals surface area (Å²) in [4.78, 5) is 14.0. The van der Waals surface area contributed by atoms with Crippen LogP contribution in [-0.4, -0.2) is 18.8 Å². The van der Waals surface area contributed by atoms with Gasteiger partial charge < -0.3 is 13.9 Å². The van der Waals surface area contributed by atoms with Crippen molar-refractivity contribution in [2.75, 3.05) is 12.0 Å². The molecule has 0 atom stereocenters. The zero-order valence-corrected chi connectivity index (χ0v) is 14.3. The predicted octanol–water partition coefficient (Wildman–Crippen LogP) is 4.54. The summed E-state index contributed by atoms with van der Waals surface area (Å²) in [7, 11) is 1.51. The van der Waals surface area contributed by atoms with E-state index in [4.69, 9.17) is 13.9 Å². The molecular weight excluding hydrogens is 294 g/mol. The van der Waals surface area contributed by atoms with E-state index < -0.39 is 11.7 Å². The van der Waals surface area contributed by atoms with E-state index in [1.54, 1.807) is 12.1 Å². The highest BCUT2D eigenvalue weighted by Gasteiger charge is 2.26. The second-order valence-corrected chi connectivity index (χ2v) is 6.35. The molecule has 0 N–H and O–H groups in total. The monoisotopic (exact) mass is 317 g/mol. The molecule has 1 amide bonds. The Morgan fingerprint density at radius 3 is 2.52 bits per heavy atom. The van der Waals surface area contributed by atoms with Crippen LogP contribution in [0.5, 0.6) is 5.95 Å². The Labute approximate surface area is 136 Å². The van der Waals surface area contributed by atoms with Crippen LogP contribution in [-0.2, 0) is 11.3 Å². The number of anilines is 1. The number of nitrogens with zero attached hydrogens (tertiary/aromatic N) is 1. The molecule has 0 fully saturated rings. The number of methoxy groups -OCH3 is 1. The maximum Gasteiger partial charge on any atom is 0.417 e. The lowest BCUT2D eigenvalue weighted by Gasteiger charge is -2.26. The van der Waals surface area contributed by atoms with Gasteiger partial charge in [0, 0.05) is 12.1 Å². The molecule has 0 aliphatic heterocycles. The Hall–Kier alpha value is -2.43. The van der Waals surface area contributed by atoms with Gasteiger partial charge in [0.15, 0.2) is 0 Å². The zero-order valence-electron chi connectivity index (χ0n) is 14.3. The lowest BCUT2D eigenvalue weighted by Crippen LogP contribution is -2.36. The van der Waals surface area contributed by atoms with E-state index in [9.17, 15) is 4.79 Å². The topological polar surface area (TPSA) is 51.9 Å². The third-order valence-corrected chi connectivity index (χ3v) is 3.07. The van der Waals surface area contributed by atoms with E-state index in [0.717, 1.165) is 11.1 Å². The van der Waals surface area contributed by atoms with Crippen molar-refractivity contribution >= 4 is 12.0 Å². The van der Waals surface area contributed by atoms with Gasteiger partial charge in [-0.05, 0) is 33.3 Å². The molecular formula is C18H23NO4. The number of benzene rings is 1. The standard InChI is InChI=1S/C18H23NO4/c1-13-7-6-8-14(11-13)12-19(17(20)23-18(2,3)4)15-9-10-16(21-5)22-15/h6-11H,12H2,1-5H3. The summed E-state index contributed by atoms with van der Waals surface area (Å²) in [6.45, 7) is 7.86. The van der Waals surface area contributed by atoms with Gasteiger partial charge in [0.25, 0.3) is 5.95 Å². The first kappa shape index (κ1) is 16.9. The summed E-state index contributed by atoms with van der Waals surface area (Å²) in [5.41, 5.74) is 1.54. The number of carbonyl (C=O) groups excluding carboxylic acids is 1. The van der Waals surface area contributed by atoms with E-state index in [0.29, 0.717) is 18.4 Å². The van der Waals surface area contributed by atoms with Crippen LogP contribution in [0.15, 0.2) is 40.8 Å². The number of aryl methyl sites for hydroxylation is 1. The van der Waals surface area contributed by atoms with Crippen molar-refractivity contribution in [1.82, 2.24) is 0 Å². The Morgan fingerprint density at radius 2 is 1.96 bits per heavy atom. The van der Waals surface area contributed by atoms with Gasteiger partial charge in [0.05, 0.1) is 13.7 Å². The van der Waals surface area contributed by atoms with E-state index in [-0.39, 0.29) is 0 Å². The highest BCUT2D eigenvalue weighted by atomic mass is 16.6. The maximum atomic E-state index is 12.5. The lowest BCUT2D eigenvalue weighted by molar-refractivity contribution is 0.0570. The fourth-order valence-electron chi connectivity index (χ4n) is 2.11. The van der Waals surface area contributed by atoms with Crippen LogP contribution >= 0.6 is 0 Å². The minimum atomic E-state index is -0.585. The average Bonchev–Trinajstić information content (AvgIpc) is 2.91. The van der Waals surface area contributed by atoms with Crippen molar-refractivity contribution < 1.29 is 18.7 Å². The smallest absolute Gasteiger partial charge is 0.417 e. The number of carbonyl (C=O) groups is 1. The Balaban J connectivity index is 2.28. The van der Waals surface area contributed by atoms with Crippen molar-refractivity contribution in [3.8, 4) is 5.95 Å². The Kier molecular flexibility index (Phi) is 4.98. The fourth-order valence-corrected chi connectivity index (χ4v) is 2.11. The molecule has 0 saturated carbocycles. The quantitative estimate of drug-likeness (QED) is 0.831. The summed E-state index contributed by atoms with van der Waals surface area (Å²) >= 11 is 0. The number of amides is 1. The highest BCUT2D eigenvalue weighted by Crippen LogP contribution is 2.27. The molecule has 0 unspecified atom stereocenters. The van der Waals surface area contributed by atoms with Crippen LogP contribution < -0.4 is 9.64 Å². The molecule has 0 spiro atoms. The van der Waals surface area contributed by atoms with Crippen molar-refractivity contribution in [2.24, 2.45) is 0 Å². The van der Waals surface area contributed by atoms with Crippen LogP contribution in [0, 0.1) is 6.92 Å². The first-order chi connectivity index (χ1) is 10.8. The van der Waals surface area contributed by atoms with E-state index in [1.165, 1.54) is 12.0 Å². The molecule has 5 heteroatoms. The van der Waals surface area contributed by atoms with Crippen LogP contribution in [0.2, 0.25) is 0 Å². The fraction of sp³-hybridized carbons (Fsp3) is 0.389. The van der Waals surface area contributed by atoms with Gasteiger partial charge in [0.2, 0.25) is 5.88 Å². The summed E-state index contributed by atoms with van der Waals surface area (Å²) < 4.78 is 16.1. The summed E-state index contributed by atoms with van der Waals surface area (Å²) in [6.07, 6.45) is -0.462. The highest BCUT2D eigenvalue weighted by molar-refractivity contribution is 5.86. The van der Waals surface area contributed by atoms with Crippen molar-refractivity contribution in [3.63, 3.8) is 0 Å². The van der Waals surface area contributed by atoms with Crippen LogP contribution in [0.4, 0.5) is 10.7 Å². The third-order valence-electron chi connectivity index (χ3n) is 3.07. The van der Waals surface area contributed by atoms with Crippen LogP contribution in [0.3, 0.4) is 0 Å². The molecule has 1 aromatic heterocycles. The Morgan fingerprint density at radius 1 is 1.22 bits per heavy atom. The number of rotatable bonds is 4. The molecule has 2 aromatic rings. The SMILES string of the molecule is COc1ccc(N(Cc2cccc(C)c2)C(=O)OC(C)(C)C)o1. The molecule has 124 valence electrons. The second kappa shape index (κ2) is 6.77. The van der Waals surface area contributed by atoms with Crippen molar-refractivity contribution in [2.45, 2.75) is 39.8 Å². The van der Waals surface area contributed by atoms with E-state index in [2.05, 4.69) is 0 Å². The second-order valence-electron chi connectivity index (χ2n) is 6.35. The molecule has 1 aromatic carbocycles. The van der Waals surface area contributed by atoms with Gasteiger partial charge in [-0.1, -0.05) is 29.8 Å². The summed E-state index contributed by atoms with van der Waals surface area (Å²) in [5.74, 6) is 0.732. The maximum absolute atomic E-state index is 12.5. The van der Waals surface area contributed by atoms with E-state index in [1.807, 2.05) is 52.0 Å². The number of furan rings is 1. The first-order valence-electron chi connectivity index (χ1n) is 7.48. The molecule has 2 rings (SSSR count). The summed E-state index contributed by atoms with van der Waals surface area (Å²) in [6, 6.07) is 11.3. The summed E-state index contributed by atoms with van der Waals surface area (Å²) in [5, 5.41) is 0. The number of ether oxygens (including phenoxy) is 2. The number of hydrogen-bond donors (Lipinski definition) is 0. The van der Waals surface area contributed by atoms with Gasteiger partial charge >= 0.3 is 6.09 Å². The van der Waals surface area contributed by atoms with Crippen LogP contribution in [0.1, 0.15) is 31.9 Å². The lowest BCUT2D eigenvalue weighted by atomic mass is 10.1. The van der Waals surface area contributed by atoms with Gasteiger partial charge in [-0.25, -0.2) is 9.69 Å². The zero-order chi connectivity index (χ0) is 17.0. The number of hydrogen-bond acceptors (Lipinski definition) is 4. The predicted molar refractivity (Wildman–Crippen MR) is 88.9 cm³/mol. The first-order valence-corrected chi connectivity index (χ1v) is 7.48. The molecule has 1 heterocycles. The van der Waals surface area contributed by atoms with Crippen molar-refractivity contribution in [1.29, 1.82) is 0 Å². The minimum Gasteiger partial charge on any atom is -0.468 e. The van der Waals surface area contributed by atoms with Gasteiger partial charge in [-0.2, -0.15) is 0 Å². The largest absolute Gasteiger partial charge is 0.468 e. The Bertz CT molecular complexity index is 670. The molecule has 0 aliphatic carbocycles. The minimum absolute atomic E-state index is 0.345. The van der Waals surface area contributed by atoms with E-state index >= 15 is 0 Å². The van der Waals surface area contributed by atoms with Crippen LogP contribution in [0.25, 0.3) is 0 Å². The van der Waals surface area contributed by atoms with Gasteiger partial charge in [-0.15, -0.1) is 0 Å².